The predicted octanol–water partition coefficient (Wildman–Crippen LogP) is 22.4. The molecule has 6 heteroatoms. The van der Waals surface area contributed by atoms with Crippen LogP contribution in [0.15, 0.2) is 97.2 Å². The highest BCUT2D eigenvalue weighted by molar-refractivity contribution is 5.71. The molecule has 0 aromatic heterocycles. The van der Waals surface area contributed by atoms with E-state index in [0.29, 0.717) is 19.3 Å². The minimum atomic E-state index is -0.806. The molecule has 0 saturated carbocycles. The van der Waals surface area contributed by atoms with Crippen LogP contribution in [-0.2, 0) is 28.6 Å². The number of allylic oxidation sites excluding steroid dienone is 16. The second kappa shape index (κ2) is 64.9. The van der Waals surface area contributed by atoms with Gasteiger partial charge in [-0.2, -0.15) is 0 Å². The summed E-state index contributed by atoms with van der Waals surface area (Å²) in [7, 11) is 0. The van der Waals surface area contributed by atoms with Crippen molar-refractivity contribution in [3.63, 3.8) is 0 Å². The van der Waals surface area contributed by atoms with E-state index in [1.165, 1.54) is 180 Å². The van der Waals surface area contributed by atoms with Crippen molar-refractivity contribution in [3.8, 4) is 0 Å². The molecule has 1 unspecified atom stereocenters. The summed E-state index contributed by atoms with van der Waals surface area (Å²) in [5.41, 5.74) is 0. The normalized spacial score (nSPS) is 12.7. The predicted molar refractivity (Wildman–Crippen MR) is 334 cm³/mol. The molecule has 0 amide bonds. The fourth-order valence-electron chi connectivity index (χ4n) is 9.19. The van der Waals surface area contributed by atoms with Crippen molar-refractivity contribution in [1.82, 2.24) is 0 Å². The molecule has 77 heavy (non-hydrogen) atoms. The third-order valence-corrected chi connectivity index (χ3v) is 14.1. The van der Waals surface area contributed by atoms with Gasteiger partial charge >= 0.3 is 17.9 Å². The van der Waals surface area contributed by atoms with Crippen LogP contribution in [0.5, 0.6) is 0 Å². The van der Waals surface area contributed by atoms with E-state index in [0.717, 1.165) is 89.9 Å². The van der Waals surface area contributed by atoms with Gasteiger partial charge in [0.2, 0.25) is 0 Å². The topological polar surface area (TPSA) is 78.9 Å². The Balaban J connectivity index is 4.17. The summed E-state index contributed by atoms with van der Waals surface area (Å²) in [6, 6.07) is 0. The van der Waals surface area contributed by atoms with Gasteiger partial charge in [0, 0.05) is 19.3 Å². The standard InChI is InChI=1S/C71H122O6/c1-4-7-10-13-16-18-20-22-24-26-28-30-32-33-34-35-36-37-39-40-42-44-46-48-50-52-55-58-61-64-70(73)76-67-68(66-75-69(72)63-60-57-54-15-12-9-6-3)77-71(74)65-62-59-56-53-51-49-47-45-43-41-38-31-29-27-25-23-21-19-17-14-11-8-5-2/h8,11,17,19,23,25-26,28-29,31,41,43,47,49,53,56,68H,4-7,9-10,12-16,18,20-22,24,27,30,32-40,42,44-46,48,50-52,54-55,57-67H2,1-3H3/b11-8-,19-17-,25-23-,28-26-,31-29-,43-41-,49-47-,56-53-. The van der Waals surface area contributed by atoms with Gasteiger partial charge in [0.25, 0.3) is 0 Å². The Morgan fingerprint density at radius 1 is 0.273 bits per heavy atom. The first-order chi connectivity index (χ1) is 38.0. The lowest BCUT2D eigenvalue weighted by atomic mass is 10.0. The Labute approximate surface area is 477 Å². The van der Waals surface area contributed by atoms with Gasteiger partial charge in [-0.15, -0.1) is 0 Å². The van der Waals surface area contributed by atoms with E-state index in [2.05, 4.69) is 118 Å². The maximum absolute atomic E-state index is 12.8. The molecule has 0 bridgehead atoms. The molecular formula is C71H122O6. The van der Waals surface area contributed by atoms with E-state index in [1.54, 1.807) is 0 Å². The molecule has 1 atom stereocenters. The SMILES string of the molecule is CC/C=C\C/C=C\C/C=C\C/C=C\C/C=C\C/C=C\C/C=C\CCCC(=O)OC(COC(=O)CCCCCCCCC)COC(=O)CCCCCCCCCCCCCCCCCCC/C=C\CCCCCCCCCC. The van der Waals surface area contributed by atoms with Crippen LogP contribution in [0, 0.1) is 0 Å². The van der Waals surface area contributed by atoms with Crippen LogP contribution in [0.4, 0.5) is 0 Å². The summed E-state index contributed by atoms with van der Waals surface area (Å²) in [4.78, 5) is 38.1. The maximum Gasteiger partial charge on any atom is 0.306 e. The first-order valence-electron chi connectivity index (χ1n) is 32.7. The third-order valence-electron chi connectivity index (χ3n) is 14.1. The van der Waals surface area contributed by atoms with Crippen LogP contribution in [-0.4, -0.2) is 37.2 Å². The number of unbranched alkanes of at least 4 members (excludes halogenated alkanes) is 32. The number of ether oxygens (including phenoxy) is 3. The Bertz CT molecular complexity index is 1510. The average molecular weight is 1070 g/mol. The summed E-state index contributed by atoms with van der Waals surface area (Å²) >= 11 is 0. The monoisotopic (exact) mass is 1070 g/mol. The van der Waals surface area contributed by atoms with Crippen LogP contribution >= 0.6 is 0 Å². The van der Waals surface area contributed by atoms with Crippen LogP contribution in [0.25, 0.3) is 0 Å². The van der Waals surface area contributed by atoms with Gasteiger partial charge < -0.3 is 14.2 Å². The number of hydrogen-bond acceptors (Lipinski definition) is 6. The largest absolute Gasteiger partial charge is 0.462 e. The smallest absolute Gasteiger partial charge is 0.306 e. The highest BCUT2D eigenvalue weighted by Crippen LogP contribution is 2.17. The van der Waals surface area contributed by atoms with Gasteiger partial charge in [0.15, 0.2) is 6.10 Å². The molecule has 0 aliphatic carbocycles. The van der Waals surface area contributed by atoms with E-state index in [1.807, 2.05) is 0 Å². The Kier molecular flexibility index (Phi) is 61.8. The maximum atomic E-state index is 12.8. The lowest BCUT2D eigenvalue weighted by Crippen LogP contribution is -2.30. The van der Waals surface area contributed by atoms with Crippen molar-refractivity contribution in [1.29, 1.82) is 0 Å². The van der Waals surface area contributed by atoms with E-state index < -0.39 is 6.10 Å². The highest BCUT2D eigenvalue weighted by Gasteiger charge is 2.19. The highest BCUT2D eigenvalue weighted by atomic mass is 16.6. The van der Waals surface area contributed by atoms with Gasteiger partial charge in [-0.25, -0.2) is 0 Å². The summed E-state index contributed by atoms with van der Waals surface area (Å²) in [6.07, 6.45) is 87.5. The number of carbonyl (C=O) groups excluding carboxylic acids is 3. The molecule has 0 spiro atoms. The fraction of sp³-hybridized carbons (Fsp3) is 0.732. The molecule has 6 nitrogen and oxygen atoms in total. The van der Waals surface area contributed by atoms with Gasteiger partial charge in [-0.3, -0.25) is 14.4 Å². The van der Waals surface area contributed by atoms with E-state index in [9.17, 15) is 14.4 Å². The molecule has 0 rings (SSSR count). The van der Waals surface area contributed by atoms with E-state index in [4.69, 9.17) is 14.2 Å². The lowest BCUT2D eigenvalue weighted by Gasteiger charge is -2.18. The number of carbonyl (C=O) groups is 3. The zero-order valence-electron chi connectivity index (χ0n) is 50.7. The zero-order chi connectivity index (χ0) is 55.7. The molecule has 0 aromatic carbocycles. The average Bonchev–Trinajstić information content (AvgIpc) is 3.43. The van der Waals surface area contributed by atoms with Crippen molar-refractivity contribution in [2.75, 3.05) is 13.2 Å². The molecule has 442 valence electrons. The Morgan fingerprint density at radius 2 is 0.519 bits per heavy atom. The van der Waals surface area contributed by atoms with Crippen molar-refractivity contribution in [2.24, 2.45) is 0 Å². The zero-order valence-corrected chi connectivity index (χ0v) is 50.7. The van der Waals surface area contributed by atoms with Crippen molar-refractivity contribution < 1.29 is 28.6 Å². The molecule has 0 N–H and O–H groups in total. The number of esters is 3. The second-order valence-corrected chi connectivity index (χ2v) is 21.6. The van der Waals surface area contributed by atoms with Gasteiger partial charge in [-0.05, 0) is 96.3 Å². The quantitative estimate of drug-likeness (QED) is 0.0261. The summed E-state index contributed by atoms with van der Waals surface area (Å²) < 4.78 is 16.8. The summed E-state index contributed by atoms with van der Waals surface area (Å²) in [6.45, 7) is 6.46. The molecule has 0 heterocycles. The summed E-state index contributed by atoms with van der Waals surface area (Å²) in [5.74, 6) is -0.957. The van der Waals surface area contributed by atoms with Crippen LogP contribution in [0.1, 0.15) is 316 Å². The van der Waals surface area contributed by atoms with Crippen LogP contribution in [0.2, 0.25) is 0 Å². The molecule has 0 fully saturated rings. The molecular weight excluding hydrogens is 949 g/mol. The summed E-state index contributed by atoms with van der Waals surface area (Å²) in [5, 5.41) is 0. The van der Waals surface area contributed by atoms with Crippen molar-refractivity contribution in [2.45, 2.75) is 322 Å². The van der Waals surface area contributed by atoms with Crippen molar-refractivity contribution >= 4 is 17.9 Å². The van der Waals surface area contributed by atoms with Gasteiger partial charge in [0.05, 0.1) is 0 Å². The first-order valence-corrected chi connectivity index (χ1v) is 32.7. The minimum Gasteiger partial charge on any atom is -0.462 e. The second-order valence-electron chi connectivity index (χ2n) is 21.6. The van der Waals surface area contributed by atoms with E-state index >= 15 is 0 Å². The molecule has 0 aromatic rings. The number of hydrogen-bond donors (Lipinski definition) is 0. The van der Waals surface area contributed by atoms with Crippen molar-refractivity contribution in [3.05, 3.63) is 97.2 Å². The Morgan fingerprint density at radius 3 is 0.844 bits per heavy atom. The molecule has 0 radical (unpaired) electrons. The first kappa shape index (κ1) is 73.3. The minimum absolute atomic E-state index is 0.0983. The number of rotatable bonds is 59. The molecule has 0 aliphatic heterocycles. The molecule has 0 saturated heterocycles. The lowest BCUT2D eigenvalue weighted by molar-refractivity contribution is -0.167. The fourth-order valence-corrected chi connectivity index (χ4v) is 9.19. The molecule has 0 aliphatic rings. The van der Waals surface area contributed by atoms with Crippen LogP contribution in [0.3, 0.4) is 0 Å². The Hall–Kier alpha value is -3.67. The third kappa shape index (κ3) is 63.0. The van der Waals surface area contributed by atoms with Crippen LogP contribution < -0.4 is 0 Å². The van der Waals surface area contributed by atoms with Gasteiger partial charge in [0.1, 0.15) is 13.2 Å². The van der Waals surface area contributed by atoms with E-state index in [-0.39, 0.29) is 37.5 Å². The van der Waals surface area contributed by atoms with Gasteiger partial charge in [-0.1, -0.05) is 298 Å².